The fraction of sp³-hybridized carbons (Fsp3) is 0.308. The third kappa shape index (κ3) is 2.88. The highest BCUT2D eigenvalue weighted by Gasteiger charge is 2.09. The van der Waals surface area contributed by atoms with E-state index in [0.29, 0.717) is 0 Å². The Kier molecular flexibility index (Phi) is 3.52. The van der Waals surface area contributed by atoms with Gasteiger partial charge in [-0.05, 0) is 43.7 Å². The smallest absolute Gasteiger partial charge is 0.0653 e. The van der Waals surface area contributed by atoms with Gasteiger partial charge in [0.15, 0.2) is 0 Å². The molecule has 0 saturated carbocycles. The van der Waals surface area contributed by atoms with Crippen molar-refractivity contribution in [3.8, 4) is 0 Å². The lowest BCUT2D eigenvalue weighted by Crippen LogP contribution is -2.11. The summed E-state index contributed by atoms with van der Waals surface area (Å²) in [6, 6.07) is 8.58. The molecule has 1 N–H and O–H groups in total. The molecule has 0 aliphatic rings. The van der Waals surface area contributed by atoms with Crippen LogP contribution in [0.2, 0.25) is 0 Å². The van der Waals surface area contributed by atoms with Crippen LogP contribution in [0.15, 0.2) is 34.9 Å². The molecule has 0 spiro atoms. The molecule has 2 aromatic rings. The van der Waals surface area contributed by atoms with E-state index in [1.54, 1.807) is 0 Å². The molecule has 17 heavy (non-hydrogen) atoms. The summed E-state index contributed by atoms with van der Waals surface area (Å²) in [6.07, 6.45) is 1.82. The normalized spacial score (nSPS) is 12.5. The van der Waals surface area contributed by atoms with Crippen molar-refractivity contribution < 1.29 is 0 Å². The highest BCUT2D eigenvalue weighted by Crippen LogP contribution is 2.23. The molecular weight excluding hydrogens is 278 g/mol. The Hall–Kier alpha value is -1.29. The van der Waals surface area contributed by atoms with Crippen LogP contribution in [0.3, 0.4) is 0 Å². The highest BCUT2D eigenvalue weighted by molar-refractivity contribution is 9.10. The maximum Gasteiger partial charge on any atom is 0.0653 e. The third-order valence-corrected chi connectivity index (χ3v) is 3.19. The second kappa shape index (κ2) is 4.92. The molecule has 1 aromatic heterocycles. The average molecular weight is 294 g/mol. The molecule has 0 bridgehead atoms. The van der Waals surface area contributed by atoms with Crippen molar-refractivity contribution in [1.29, 1.82) is 0 Å². The maximum atomic E-state index is 4.18. The van der Waals surface area contributed by atoms with E-state index in [0.717, 1.165) is 10.2 Å². The number of anilines is 1. The summed E-state index contributed by atoms with van der Waals surface area (Å²) in [5.74, 6) is 0. The molecule has 1 heterocycles. The highest BCUT2D eigenvalue weighted by atomic mass is 79.9. The summed E-state index contributed by atoms with van der Waals surface area (Å²) in [5.41, 5.74) is 3.52. The summed E-state index contributed by atoms with van der Waals surface area (Å²) in [4.78, 5) is 0. The number of hydrogen-bond donors (Lipinski definition) is 1. The lowest BCUT2D eigenvalue weighted by Gasteiger charge is -2.16. The minimum Gasteiger partial charge on any atom is -0.377 e. The predicted octanol–water partition coefficient (Wildman–Crippen LogP) is 3.66. The van der Waals surface area contributed by atoms with Gasteiger partial charge in [0, 0.05) is 23.4 Å². The van der Waals surface area contributed by atoms with Gasteiger partial charge >= 0.3 is 0 Å². The van der Waals surface area contributed by atoms with E-state index in [1.165, 1.54) is 11.3 Å². The van der Waals surface area contributed by atoms with Crippen LogP contribution in [-0.4, -0.2) is 9.78 Å². The van der Waals surface area contributed by atoms with Crippen LogP contribution in [0.4, 0.5) is 5.69 Å². The monoisotopic (exact) mass is 293 g/mol. The quantitative estimate of drug-likeness (QED) is 0.936. The van der Waals surface area contributed by atoms with Crippen LogP contribution in [0.25, 0.3) is 0 Å². The first kappa shape index (κ1) is 12.2. The topological polar surface area (TPSA) is 29.9 Å². The molecule has 90 valence electrons. The fourth-order valence-electron chi connectivity index (χ4n) is 1.95. The van der Waals surface area contributed by atoms with E-state index < -0.39 is 0 Å². The first-order valence-electron chi connectivity index (χ1n) is 5.58. The van der Waals surface area contributed by atoms with Gasteiger partial charge in [0.25, 0.3) is 0 Å². The van der Waals surface area contributed by atoms with E-state index in [-0.39, 0.29) is 6.04 Å². The molecule has 4 heteroatoms. The fourth-order valence-corrected chi connectivity index (χ4v) is 2.56. The molecule has 0 aliphatic carbocycles. The number of halogens is 1. The predicted molar refractivity (Wildman–Crippen MR) is 74.1 cm³/mol. The van der Waals surface area contributed by atoms with Crippen molar-refractivity contribution in [3.05, 3.63) is 46.2 Å². The van der Waals surface area contributed by atoms with Gasteiger partial charge in [0.05, 0.1) is 11.7 Å². The Morgan fingerprint density at radius 1 is 1.35 bits per heavy atom. The van der Waals surface area contributed by atoms with E-state index >= 15 is 0 Å². The van der Waals surface area contributed by atoms with E-state index in [2.05, 4.69) is 58.4 Å². The number of benzene rings is 1. The molecule has 3 nitrogen and oxygen atoms in total. The Morgan fingerprint density at radius 2 is 2.12 bits per heavy atom. The SMILES string of the molecule is Cc1cc(Br)cc(NC(C)c2ccnn2C)c1. The average Bonchev–Trinajstić information content (AvgIpc) is 2.62. The van der Waals surface area contributed by atoms with E-state index in [1.807, 2.05) is 24.0 Å². The van der Waals surface area contributed by atoms with Crippen molar-refractivity contribution in [2.24, 2.45) is 7.05 Å². The van der Waals surface area contributed by atoms with Crippen LogP contribution in [0.5, 0.6) is 0 Å². The van der Waals surface area contributed by atoms with Gasteiger partial charge in [-0.3, -0.25) is 4.68 Å². The third-order valence-electron chi connectivity index (χ3n) is 2.73. The Labute approximate surface area is 110 Å². The van der Waals surface area contributed by atoms with Crippen molar-refractivity contribution >= 4 is 21.6 Å². The molecule has 0 amide bonds. The van der Waals surface area contributed by atoms with Gasteiger partial charge in [0.2, 0.25) is 0 Å². The molecule has 0 fully saturated rings. The molecule has 0 saturated heterocycles. The standard InChI is InChI=1S/C13H16BrN3/c1-9-6-11(14)8-12(7-9)16-10(2)13-4-5-15-17(13)3/h4-8,10,16H,1-3H3. The summed E-state index contributed by atoms with van der Waals surface area (Å²) >= 11 is 3.51. The molecule has 1 atom stereocenters. The van der Waals surface area contributed by atoms with Gasteiger partial charge in [0.1, 0.15) is 0 Å². The molecule has 0 aliphatic heterocycles. The second-order valence-corrected chi connectivity index (χ2v) is 5.18. The molecular formula is C13H16BrN3. The van der Waals surface area contributed by atoms with Crippen LogP contribution in [0.1, 0.15) is 24.2 Å². The van der Waals surface area contributed by atoms with Crippen molar-refractivity contribution in [2.75, 3.05) is 5.32 Å². The summed E-state index contributed by atoms with van der Waals surface area (Å²) in [5, 5.41) is 7.66. The van der Waals surface area contributed by atoms with Gasteiger partial charge in [-0.25, -0.2) is 0 Å². The maximum absolute atomic E-state index is 4.18. The Balaban J connectivity index is 2.18. The van der Waals surface area contributed by atoms with Crippen molar-refractivity contribution in [3.63, 3.8) is 0 Å². The zero-order chi connectivity index (χ0) is 12.4. The number of aryl methyl sites for hydroxylation is 2. The van der Waals surface area contributed by atoms with Crippen molar-refractivity contribution in [1.82, 2.24) is 9.78 Å². The minimum absolute atomic E-state index is 0.233. The van der Waals surface area contributed by atoms with Crippen molar-refractivity contribution in [2.45, 2.75) is 19.9 Å². The number of rotatable bonds is 3. The minimum atomic E-state index is 0.233. The number of hydrogen-bond acceptors (Lipinski definition) is 2. The summed E-state index contributed by atoms with van der Waals surface area (Å²) in [6.45, 7) is 4.22. The molecule has 0 radical (unpaired) electrons. The summed E-state index contributed by atoms with van der Waals surface area (Å²) < 4.78 is 2.99. The zero-order valence-corrected chi connectivity index (χ0v) is 11.8. The van der Waals surface area contributed by atoms with Gasteiger partial charge < -0.3 is 5.32 Å². The molecule has 1 aromatic carbocycles. The Morgan fingerprint density at radius 3 is 2.71 bits per heavy atom. The molecule has 1 unspecified atom stereocenters. The number of nitrogens with one attached hydrogen (secondary N) is 1. The van der Waals surface area contributed by atoms with E-state index in [4.69, 9.17) is 0 Å². The molecule has 2 rings (SSSR count). The Bertz CT molecular complexity index is 499. The van der Waals surface area contributed by atoms with Gasteiger partial charge in [-0.2, -0.15) is 5.10 Å². The lowest BCUT2D eigenvalue weighted by molar-refractivity contribution is 0.676. The van der Waals surface area contributed by atoms with E-state index in [9.17, 15) is 0 Å². The van der Waals surface area contributed by atoms with Gasteiger partial charge in [-0.1, -0.05) is 15.9 Å². The van der Waals surface area contributed by atoms with Crippen LogP contribution in [-0.2, 0) is 7.05 Å². The van der Waals surface area contributed by atoms with Crippen LogP contribution < -0.4 is 5.32 Å². The zero-order valence-electron chi connectivity index (χ0n) is 10.2. The number of nitrogens with zero attached hydrogens (tertiary/aromatic N) is 2. The van der Waals surface area contributed by atoms with Crippen LogP contribution in [0, 0.1) is 6.92 Å². The lowest BCUT2D eigenvalue weighted by atomic mass is 10.2. The largest absolute Gasteiger partial charge is 0.377 e. The van der Waals surface area contributed by atoms with Crippen LogP contribution >= 0.6 is 15.9 Å². The number of aromatic nitrogens is 2. The second-order valence-electron chi connectivity index (χ2n) is 4.26. The van der Waals surface area contributed by atoms with Gasteiger partial charge in [-0.15, -0.1) is 0 Å². The first-order chi connectivity index (χ1) is 8.06. The summed E-state index contributed by atoms with van der Waals surface area (Å²) in [7, 11) is 1.96. The first-order valence-corrected chi connectivity index (χ1v) is 6.37.